The number of para-hydroxylation sites is 1. The zero-order valence-electron chi connectivity index (χ0n) is 16.9. The zero-order chi connectivity index (χ0) is 22.9. The van der Waals surface area contributed by atoms with Crippen LogP contribution in [0.1, 0.15) is 22.3 Å². The van der Waals surface area contributed by atoms with Crippen LogP contribution in [0.5, 0.6) is 5.75 Å². The molecule has 1 atom stereocenters. The molecule has 0 saturated carbocycles. The van der Waals surface area contributed by atoms with Gasteiger partial charge in [-0.15, -0.1) is 0 Å². The molecule has 0 N–H and O–H groups in total. The summed E-state index contributed by atoms with van der Waals surface area (Å²) in [6.07, 6.45) is -5.48. The number of ether oxygens (including phenoxy) is 1. The summed E-state index contributed by atoms with van der Waals surface area (Å²) in [6.45, 7) is 0.773. The second-order valence-electron chi connectivity index (χ2n) is 7.62. The summed E-state index contributed by atoms with van der Waals surface area (Å²) in [5.74, 6) is -1.48. The van der Waals surface area contributed by atoms with E-state index in [0.29, 0.717) is 24.1 Å². The van der Waals surface area contributed by atoms with Crippen LogP contribution >= 0.6 is 0 Å². The summed E-state index contributed by atoms with van der Waals surface area (Å²) in [5.41, 5.74) is 0.233. The third-order valence-electron chi connectivity index (χ3n) is 5.46. The largest absolute Gasteiger partial charge is 0.475 e. The van der Waals surface area contributed by atoms with Gasteiger partial charge in [0.15, 0.2) is 0 Å². The molecule has 0 aromatic heterocycles. The van der Waals surface area contributed by atoms with E-state index in [1.807, 2.05) is 0 Å². The van der Waals surface area contributed by atoms with Gasteiger partial charge in [0.1, 0.15) is 11.6 Å². The van der Waals surface area contributed by atoms with Gasteiger partial charge in [-0.3, -0.25) is 9.59 Å². The fourth-order valence-electron chi connectivity index (χ4n) is 3.84. The molecule has 1 saturated heterocycles. The first-order valence-corrected chi connectivity index (χ1v) is 10.1. The maximum absolute atomic E-state index is 13.7. The summed E-state index contributed by atoms with van der Waals surface area (Å²) >= 11 is 0. The number of rotatable bonds is 2. The fourth-order valence-corrected chi connectivity index (χ4v) is 3.84. The van der Waals surface area contributed by atoms with Crippen LogP contribution in [0.4, 0.5) is 17.6 Å². The lowest BCUT2D eigenvalue weighted by molar-refractivity contribution is -0.186. The Morgan fingerprint density at radius 1 is 0.875 bits per heavy atom. The molecule has 32 heavy (non-hydrogen) atoms. The van der Waals surface area contributed by atoms with Gasteiger partial charge in [0, 0.05) is 37.3 Å². The van der Waals surface area contributed by atoms with E-state index in [1.165, 1.54) is 46.2 Å². The highest BCUT2D eigenvalue weighted by molar-refractivity contribution is 6.00. The average molecular weight is 448 g/mol. The fraction of sp³-hybridized carbons (Fsp3) is 0.304. The number of hydrogen-bond acceptors (Lipinski definition) is 3. The van der Waals surface area contributed by atoms with Gasteiger partial charge in [-0.2, -0.15) is 13.2 Å². The molecule has 4 rings (SSSR count). The predicted molar refractivity (Wildman–Crippen MR) is 108 cm³/mol. The van der Waals surface area contributed by atoms with E-state index in [2.05, 4.69) is 0 Å². The second-order valence-corrected chi connectivity index (χ2v) is 7.62. The number of alkyl halides is 3. The van der Waals surface area contributed by atoms with Crippen LogP contribution in [0.25, 0.3) is 6.08 Å². The van der Waals surface area contributed by atoms with Gasteiger partial charge in [0.05, 0.1) is 5.57 Å². The lowest BCUT2D eigenvalue weighted by Gasteiger charge is -2.31. The van der Waals surface area contributed by atoms with Crippen molar-refractivity contribution in [2.45, 2.75) is 18.7 Å². The zero-order valence-corrected chi connectivity index (χ0v) is 16.9. The Morgan fingerprint density at radius 3 is 2.16 bits per heavy atom. The van der Waals surface area contributed by atoms with Crippen molar-refractivity contribution < 1.29 is 31.9 Å². The number of nitrogens with zero attached hydrogens (tertiary/aromatic N) is 2. The van der Waals surface area contributed by atoms with E-state index in [4.69, 9.17) is 4.74 Å². The summed E-state index contributed by atoms with van der Waals surface area (Å²) < 4.78 is 59.2. The van der Waals surface area contributed by atoms with Crippen molar-refractivity contribution in [3.63, 3.8) is 0 Å². The van der Waals surface area contributed by atoms with Crippen LogP contribution in [-0.2, 0) is 4.79 Å². The highest BCUT2D eigenvalue weighted by Gasteiger charge is 2.49. The van der Waals surface area contributed by atoms with Gasteiger partial charge in [-0.1, -0.05) is 18.2 Å². The molecule has 1 unspecified atom stereocenters. The number of carbonyl (C=O) groups excluding carboxylic acids is 2. The van der Waals surface area contributed by atoms with Gasteiger partial charge in [-0.05, 0) is 42.8 Å². The average Bonchev–Trinajstić information content (AvgIpc) is 3.03. The molecule has 2 aromatic carbocycles. The van der Waals surface area contributed by atoms with Crippen LogP contribution in [0.15, 0.2) is 54.1 Å². The Balaban J connectivity index is 1.52. The Labute approximate surface area is 181 Å². The van der Waals surface area contributed by atoms with Gasteiger partial charge >= 0.3 is 6.18 Å². The van der Waals surface area contributed by atoms with Gasteiger partial charge in [0.2, 0.25) is 6.10 Å². The molecule has 2 aromatic rings. The van der Waals surface area contributed by atoms with Gasteiger partial charge in [0.25, 0.3) is 11.8 Å². The highest BCUT2D eigenvalue weighted by Crippen LogP contribution is 2.37. The lowest BCUT2D eigenvalue weighted by atomic mass is 10.00. The number of fused-ring (bicyclic) bond motifs is 1. The summed E-state index contributed by atoms with van der Waals surface area (Å²) in [4.78, 5) is 28.6. The molecule has 0 radical (unpaired) electrons. The normalized spacial score (nSPS) is 18.9. The SMILES string of the molecule is O=C(C1=Cc2ccccc2OC1C(F)(F)F)N1CCCN(C(=O)c2ccc(F)cc2)CC1. The summed E-state index contributed by atoms with van der Waals surface area (Å²) in [7, 11) is 0. The molecule has 0 spiro atoms. The van der Waals surface area contributed by atoms with Crippen molar-refractivity contribution in [2.75, 3.05) is 26.2 Å². The van der Waals surface area contributed by atoms with E-state index in [-0.39, 0.29) is 31.3 Å². The Morgan fingerprint density at radius 2 is 1.50 bits per heavy atom. The van der Waals surface area contributed by atoms with Crippen molar-refractivity contribution >= 4 is 17.9 Å². The molecule has 2 aliphatic rings. The number of halogens is 4. The molecular formula is C23H20F4N2O3. The number of benzene rings is 2. The molecule has 5 nitrogen and oxygen atoms in total. The van der Waals surface area contributed by atoms with Crippen LogP contribution in [0, 0.1) is 5.82 Å². The number of carbonyl (C=O) groups is 2. The topological polar surface area (TPSA) is 49.9 Å². The standard InChI is InChI=1S/C23H20F4N2O3/c24-17-8-6-15(7-9-17)21(30)28-10-3-11-29(13-12-28)22(31)18-14-16-4-1-2-5-19(16)32-20(18)23(25,26)27/h1-2,4-9,14,20H,3,10-13H2. The Kier molecular flexibility index (Phi) is 5.90. The smallest absolute Gasteiger partial charge is 0.429 e. The van der Waals surface area contributed by atoms with Crippen molar-refractivity contribution in [3.8, 4) is 5.75 Å². The summed E-state index contributed by atoms with van der Waals surface area (Å²) in [6, 6.07) is 11.4. The van der Waals surface area contributed by atoms with Crippen LogP contribution in [0.2, 0.25) is 0 Å². The minimum atomic E-state index is -4.76. The first-order chi connectivity index (χ1) is 15.2. The number of hydrogen-bond donors (Lipinski definition) is 0. The van der Waals surface area contributed by atoms with E-state index in [0.717, 1.165) is 0 Å². The van der Waals surface area contributed by atoms with Crippen LogP contribution in [0.3, 0.4) is 0 Å². The third-order valence-corrected chi connectivity index (χ3v) is 5.46. The monoisotopic (exact) mass is 448 g/mol. The van der Waals surface area contributed by atoms with Crippen LogP contribution < -0.4 is 4.74 Å². The first-order valence-electron chi connectivity index (χ1n) is 10.1. The molecule has 2 aliphatic heterocycles. The maximum Gasteiger partial charge on any atom is 0.429 e. The molecule has 0 bridgehead atoms. The first kappa shape index (κ1) is 21.9. The quantitative estimate of drug-likeness (QED) is 0.655. The van der Waals surface area contributed by atoms with Gasteiger partial charge < -0.3 is 14.5 Å². The lowest BCUT2D eigenvalue weighted by Crippen LogP contribution is -2.45. The van der Waals surface area contributed by atoms with E-state index < -0.39 is 29.6 Å². The van der Waals surface area contributed by atoms with Gasteiger partial charge in [-0.25, -0.2) is 4.39 Å². The van der Waals surface area contributed by atoms with E-state index in [9.17, 15) is 27.2 Å². The van der Waals surface area contributed by atoms with E-state index >= 15 is 0 Å². The van der Waals surface area contributed by atoms with Crippen molar-refractivity contribution in [1.29, 1.82) is 0 Å². The van der Waals surface area contributed by atoms with Crippen molar-refractivity contribution in [3.05, 3.63) is 71.0 Å². The highest BCUT2D eigenvalue weighted by atomic mass is 19.4. The van der Waals surface area contributed by atoms with Crippen molar-refractivity contribution in [2.24, 2.45) is 0 Å². The molecule has 168 valence electrons. The molecule has 0 aliphatic carbocycles. The van der Waals surface area contributed by atoms with Crippen LogP contribution in [-0.4, -0.2) is 60.1 Å². The summed E-state index contributed by atoms with van der Waals surface area (Å²) in [5, 5.41) is 0. The third kappa shape index (κ3) is 4.46. The molecule has 2 amide bonds. The molecular weight excluding hydrogens is 428 g/mol. The minimum Gasteiger partial charge on any atom is -0.475 e. The maximum atomic E-state index is 13.7. The molecule has 1 fully saturated rings. The minimum absolute atomic E-state index is 0.0679. The van der Waals surface area contributed by atoms with Crippen molar-refractivity contribution in [1.82, 2.24) is 9.80 Å². The molecule has 9 heteroatoms. The second kappa shape index (κ2) is 8.64. The number of amides is 2. The Bertz CT molecular complexity index is 1050. The Hall–Kier alpha value is -3.36. The predicted octanol–water partition coefficient (Wildman–Crippen LogP) is 3.91. The van der Waals surface area contributed by atoms with E-state index in [1.54, 1.807) is 18.2 Å². The molecule has 2 heterocycles.